The molecule has 0 atom stereocenters. The van der Waals surface area contributed by atoms with Crippen LogP contribution in [0.4, 0.5) is 0 Å². The van der Waals surface area contributed by atoms with Crippen molar-refractivity contribution in [3.63, 3.8) is 0 Å². The summed E-state index contributed by atoms with van der Waals surface area (Å²) in [6, 6.07) is 12.3. The molecule has 1 aromatic carbocycles. The van der Waals surface area contributed by atoms with Crippen molar-refractivity contribution >= 4 is 37.1 Å². The largest absolute Gasteiger partial charge is 0.311 e. The molecule has 0 aliphatic rings. The molecule has 0 unspecified atom stereocenters. The second kappa shape index (κ2) is 6.85. The fourth-order valence-electron chi connectivity index (χ4n) is 1.75. The summed E-state index contributed by atoms with van der Waals surface area (Å²) in [5.74, 6) is 0.176. The maximum Gasteiger partial charge on any atom is 0.148 e. The van der Waals surface area contributed by atoms with Crippen molar-refractivity contribution in [2.75, 3.05) is 18.6 Å². The zero-order chi connectivity index (χ0) is 14.6. The summed E-state index contributed by atoms with van der Waals surface area (Å²) in [6.07, 6.45) is 1.25. The minimum absolute atomic E-state index is 0.176. The van der Waals surface area contributed by atoms with E-state index in [4.69, 9.17) is 0 Å². The average Bonchev–Trinajstić information content (AvgIpc) is 2.83. The molecular weight excluding hydrogens is 358 g/mol. The third-order valence-electron chi connectivity index (χ3n) is 2.75. The van der Waals surface area contributed by atoms with E-state index in [2.05, 4.69) is 39.4 Å². The van der Waals surface area contributed by atoms with E-state index in [0.29, 0.717) is 13.1 Å². The second-order valence-corrected chi connectivity index (χ2v) is 8.83. The molecule has 0 radical (unpaired) electrons. The molecule has 3 nitrogen and oxygen atoms in total. The Bertz CT molecular complexity index is 680. The van der Waals surface area contributed by atoms with Gasteiger partial charge in [-0.25, -0.2) is 8.42 Å². The molecule has 2 aromatic rings. The smallest absolute Gasteiger partial charge is 0.148 e. The molecule has 1 aromatic heterocycles. The number of halogens is 1. The highest BCUT2D eigenvalue weighted by atomic mass is 79.9. The van der Waals surface area contributed by atoms with Crippen molar-refractivity contribution in [1.29, 1.82) is 0 Å². The Morgan fingerprint density at radius 3 is 2.65 bits per heavy atom. The first-order chi connectivity index (χ1) is 9.46. The fraction of sp³-hybridized carbons (Fsp3) is 0.286. The molecule has 0 amide bonds. The van der Waals surface area contributed by atoms with Crippen molar-refractivity contribution in [3.05, 3.63) is 45.7 Å². The molecule has 0 fully saturated rings. The molecule has 1 N–H and O–H groups in total. The number of rotatable bonds is 6. The van der Waals surface area contributed by atoms with Crippen molar-refractivity contribution in [2.45, 2.75) is 6.54 Å². The predicted octanol–water partition coefficient (Wildman–Crippen LogP) is 3.31. The molecule has 0 aliphatic carbocycles. The average molecular weight is 374 g/mol. The first-order valence-electron chi connectivity index (χ1n) is 6.18. The Hall–Kier alpha value is -0.690. The van der Waals surface area contributed by atoms with Gasteiger partial charge in [0.15, 0.2) is 0 Å². The summed E-state index contributed by atoms with van der Waals surface area (Å²) in [5.41, 5.74) is 1.18. The van der Waals surface area contributed by atoms with E-state index in [0.717, 1.165) is 4.47 Å². The highest BCUT2D eigenvalue weighted by Crippen LogP contribution is 2.33. The van der Waals surface area contributed by atoms with E-state index in [1.807, 2.05) is 18.2 Å². The number of hydrogen-bond acceptors (Lipinski definition) is 4. The minimum atomic E-state index is -2.89. The van der Waals surface area contributed by atoms with Gasteiger partial charge in [0.1, 0.15) is 9.84 Å². The minimum Gasteiger partial charge on any atom is -0.311 e. The van der Waals surface area contributed by atoms with E-state index in [1.165, 1.54) is 21.6 Å². The van der Waals surface area contributed by atoms with Crippen LogP contribution in [0.1, 0.15) is 4.88 Å². The summed E-state index contributed by atoms with van der Waals surface area (Å²) in [4.78, 5) is 2.40. The van der Waals surface area contributed by atoms with Gasteiger partial charge in [-0.1, -0.05) is 34.1 Å². The van der Waals surface area contributed by atoms with Gasteiger partial charge in [-0.05, 0) is 18.2 Å². The number of thiophene rings is 1. The molecule has 1 heterocycles. The number of sulfone groups is 1. The lowest BCUT2D eigenvalue weighted by Crippen LogP contribution is -2.21. The molecule has 0 spiro atoms. The summed E-state index contributed by atoms with van der Waals surface area (Å²) in [7, 11) is -2.89. The van der Waals surface area contributed by atoms with Crippen LogP contribution in [0.3, 0.4) is 0 Å². The summed E-state index contributed by atoms with van der Waals surface area (Å²) in [5, 5.41) is 3.16. The molecule has 0 bridgehead atoms. The van der Waals surface area contributed by atoms with Gasteiger partial charge in [0.05, 0.1) is 5.75 Å². The van der Waals surface area contributed by atoms with Gasteiger partial charge in [-0.15, -0.1) is 11.3 Å². The molecule has 6 heteroatoms. The zero-order valence-corrected chi connectivity index (χ0v) is 14.3. The van der Waals surface area contributed by atoms with E-state index in [-0.39, 0.29) is 5.75 Å². The Balaban J connectivity index is 1.95. The maximum atomic E-state index is 11.0. The molecule has 2 rings (SSSR count). The number of hydrogen-bond donors (Lipinski definition) is 1. The first-order valence-corrected chi connectivity index (χ1v) is 9.85. The van der Waals surface area contributed by atoms with Gasteiger partial charge in [0.2, 0.25) is 0 Å². The van der Waals surface area contributed by atoms with Gasteiger partial charge in [0, 0.05) is 39.1 Å². The standard InChI is InChI=1S/C14H16BrNO2S2/c1-20(17,18)9-8-16-10-11-6-7-14(19-11)12-4-2-3-5-13(12)15/h2-7,16H,8-10H2,1H3. The number of benzene rings is 1. The Labute approximate surface area is 132 Å². The quantitative estimate of drug-likeness (QED) is 0.790. The SMILES string of the molecule is CS(=O)(=O)CCNCc1ccc(-c2ccccc2Br)s1. The van der Waals surface area contributed by atoms with E-state index >= 15 is 0 Å². The Morgan fingerprint density at radius 1 is 1.20 bits per heavy atom. The lowest BCUT2D eigenvalue weighted by Gasteiger charge is -2.02. The highest BCUT2D eigenvalue weighted by molar-refractivity contribution is 9.10. The molecule has 20 heavy (non-hydrogen) atoms. The highest BCUT2D eigenvalue weighted by Gasteiger charge is 2.06. The molecular formula is C14H16BrNO2S2. The van der Waals surface area contributed by atoms with Gasteiger partial charge in [-0.2, -0.15) is 0 Å². The monoisotopic (exact) mass is 373 g/mol. The molecule has 0 saturated heterocycles. The van der Waals surface area contributed by atoms with Crippen molar-refractivity contribution in [1.82, 2.24) is 5.32 Å². The zero-order valence-electron chi connectivity index (χ0n) is 11.1. The summed E-state index contributed by atoms with van der Waals surface area (Å²) >= 11 is 5.27. The van der Waals surface area contributed by atoms with Crippen LogP contribution in [0.5, 0.6) is 0 Å². The number of nitrogens with one attached hydrogen (secondary N) is 1. The second-order valence-electron chi connectivity index (χ2n) is 4.55. The van der Waals surface area contributed by atoms with Crippen LogP contribution < -0.4 is 5.32 Å². The third kappa shape index (κ3) is 4.70. The predicted molar refractivity (Wildman–Crippen MR) is 88.9 cm³/mol. The topological polar surface area (TPSA) is 46.2 Å². The van der Waals surface area contributed by atoms with Crippen molar-refractivity contribution < 1.29 is 8.42 Å². The molecule has 108 valence electrons. The van der Waals surface area contributed by atoms with Crippen LogP contribution >= 0.6 is 27.3 Å². The maximum absolute atomic E-state index is 11.0. The van der Waals surface area contributed by atoms with E-state index in [9.17, 15) is 8.42 Å². The Morgan fingerprint density at radius 2 is 1.95 bits per heavy atom. The lowest BCUT2D eigenvalue weighted by molar-refractivity contribution is 0.596. The van der Waals surface area contributed by atoms with Gasteiger partial charge >= 0.3 is 0 Å². The summed E-state index contributed by atoms with van der Waals surface area (Å²) < 4.78 is 23.1. The van der Waals surface area contributed by atoms with Crippen molar-refractivity contribution in [3.8, 4) is 10.4 Å². The van der Waals surface area contributed by atoms with Crippen LogP contribution in [0.2, 0.25) is 0 Å². The first kappa shape index (κ1) is 15.7. The summed E-state index contributed by atoms with van der Waals surface area (Å²) in [6.45, 7) is 1.19. The van der Waals surface area contributed by atoms with Gasteiger partial charge in [-0.3, -0.25) is 0 Å². The van der Waals surface area contributed by atoms with Crippen LogP contribution in [0, 0.1) is 0 Å². The Kier molecular flexibility index (Phi) is 5.37. The van der Waals surface area contributed by atoms with Crippen LogP contribution in [-0.4, -0.2) is 27.0 Å². The van der Waals surface area contributed by atoms with E-state index < -0.39 is 9.84 Å². The molecule has 0 saturated carbocycles. The third-order valence-corrected chi connectivity index (χ3v) is 5.51. The van der Waals surface area contributed by atoms with Gasteiger partial charge in [0.25, 0.3) is 0 Å². The van der Waals surface area contributed by atoms with Crippen LogP contribution in [-0.2, 0) is 16.4 Å². The fourth-order valence-corrected chi connectivity index (χ4v) is 3.91. The van der Waals surface area contributed by atoms with Crippen LogP contribution in [0.15, 0.2) is 40.9 Å². The molecule has 0 aliphatic heterocycles. The van der Waals surface area contributed by atoms with Crippen molar-refractivity contribution in [2.24, 2.45) is 0 Å². The normalized spacial score (nSPS) is 11.7. The lowest BCUT2D eigenvalue weighted by atomic mass is 10.2. The van der Waals surface area contributed by atoms with Crippen LogP contribution in [0.25, 0.3) is 10.4 Å². The van der Waals surface area contributed by atoms with Gasteiger partial charge < -0.3 is 5.32 Å². The van der Waals surface area contributed by atoms with E-state index in [1.54, 1.807) is 11.3 Å².